The molecule has 2 amide bonds. The molecule has 2 aliphatic rings. The maximum Gasteiger partial charge on any atom is 0.247 e. The van der Waals surface area contributed by atoms with Crippen molar-refractivity contribution in [2.45, 2.75) is 91.0 Å². The Kier molecular flexibility index (Phi) is 7.22. The SMILES string of the molecule is CC(C)=CC(=O)N1Cc2c(ncn2Cc2cc(C)ccc2C)CC1C(=O)NC1CCCCC1N. The molecular formula is C27H37N5O2. The van der Waals surface area contributed by atoms with Crippen LogP contribution < -0.4 is 11.1 Å². The lowest BCUT2D eigenvalue weighted by Gasteiger charge is -2.37. The number of imidazole rings is 1. The van der Waals surface area contributed by atoms with Crippen molar-refractivity contribution in [1.29, 1.82) is 0 Å². The molecule has 0 saturated heterocycles. The number of fused-ring (bicyclic) bond motifs is 1. The maximum absolute atomic E-state index is 13.4. The molecule has 1 aliphatic heterocycles. The molecule has 1 aliphatic carbocycles. The molecule has 3 atom stereocenters. The number of nitrogens with zero attached hydrogens (tertiary/aromatic N) is 3. The van der Waals surface area contributed by atoms with Crippen LogP contribution in [-0.4, -0.2) is 44.4 Å². The van der Waals surface area contributed by atoms with E-state index in [2.05, 4.69) is 46.9 Å². The Hall–Kier alpha value is -2.93. The van der Waals surface area contributed by atoms with Gasteiger partial charge in [0.2, 0.25) is 11.8 Å². The molecule has 34 heavy (non-hydrogen) atoms. The van der Waals surface area contributed by atoms with Crippen LogP contribution in [0, 0.1) is 13.8 Å². The van der Waals surface area contributed by atoms with E-state index in [1.165, 1.54) is 16.7 Å². The molecule has 0 spiro atoms. The standard InChI is InChI=1S/C27H37N5O2/c1-17(2)11-26(33)32-15-25-23(13-24(32)27(34)30-22-8-6-5-7-21(22)28)29-16-31(25)14-20-12-18(3)9-10-19(20)4/h9-12,16,21-22,24H,5-8,13-15,28H2,1-4H3,(H,30,34). The molecule has 2 heterocycles. The highest BCUT2D eigenvalue weighted by Gasteiger charge is 2.37. The molecule has 1 aromatic carbocycles. The minimum absolute atomic E-state index is 0.0319. The number of nitrogens with two attached hydrogens (primary N) is 1. The van der Waals surface area contributed by atoms with Crippen molar-refractivity contribution in [2.75, 3.05) is 0 Å². The second-order valence-corrected chi connectivity index (χ2v) is 10.2. The summed E-state index contributed by atoms with van der Waals surface area (Å²) in [6.45, 7) is 9.04. The Morgan fingerprint density at radius 2 is 1.97 bits per heavy atom. The van der Waals surface area contributed by atoms with E-state index >= 15 is 0 Å². The summed E-state index contributed by atoms with van der Waals surface area (Å²) in [4.78, 5) is 32.9. The van der Waals surface area contributed by atoms with Crippen molar-refractivity contribution in [3.8, 4) is 0 Å². The predicted octanol–water partition coefficient (Wildman–Crippen LogP) is 3.15. The smallest absolute Gasteiger partial charge is 0.247 e. The van der Waals surface area contributed by atoms with Crippen molar-refractivity contribution >= 4 is 11.8 Å². The van der Waals surface area contributed by atoms with Crippen LogP contribution in [0.3, 0.4) is 0 Å². The molecule has 0 bridgehead atoms. The number of amides is 2. The average molecular weight is 464 g/mol. The molecule has 0 radical (unpaired) electrons. The van der Waals surface area contributed by atoms with Crippen molar-refractivity contribution < 1.29 is 9.59 Å². The van der Waals surface area contributed by atoms with Crippen LogP contribution in [0.2, 0.25) is 0 Å². The van der Waals surface area contributed by atoms with Gasteiger partial charge in [-0.2, -0.15) is 0 Å². The van der Waals surface area contributed by atoms with Gasteiger partial charge in [-0.3, -0.25) is 9.59 Å². The van der Waals surface area contributed by atoms with Crippen LogP contribution >= 0.6 is 0 Å². The van der Waals surface area contributed by atoms with E-state index in [1.54, 1.807) is 11.0 Å². The monoisotopic (exact) mass is 463 g/mol. The third-order valence-corrected chi connectivity index (χ3v) is 7.11. The molecule has 2 aromatic rings. The fourth-order valence-corrected chi connectivity index (χ4v) is 5.07. The van der Waals surface area contributed by atoms with E-state index in [0.717, 1.165) is 42.6 Å². The number of aryl methyl sites for hydroxylation is 2. The lowest BCUT2D eigenvalue weighted by molar-refractivity contribution is -0.139. The number of carbonyl (C=O) groups is 2. The van der Waals surface area contributed by atoms with Crippen LogP contribution in [0.25, 0.3) is 0 Å². The largest absolute Gasteiger partial charge is 0.350 e. The molecule has 182 valence electrons. The summed E-state index contributed by atoms with van der Waals surface area (Å²) in [5.41, 5.74) is 12.7. The molecule has 1 aromatic heterocycles. The quantitative estimate of drug-likeness (QED) is 0.666. The zero-order chi connectivity index (χ0) is 24.4. The second-order valence-electron chi connectivity index (χ2n) is 10.2. The summed E-state index contributed by atoms with van der Waals surface area (Å²) < 4.78 is 2.12. The lowest BCUT2D eigenvalue weighted by atomic mass is 9.90. The molecule has 1 saturated carbocycles. The van der Waals surface area contributed by atoms with Gasteiger partial charge in [-0.1, -0.05) is 42.2 Å². The van der Waals surface area contributed by atoms with Crippen LogP contribution in [-0.2, 0) is 29.1 Å². The van der Waals surface area contributed by atoms with Gasteiger partial charge in [0.1, 0.15) is 6.04 Å². The fraction of sp³-hybridized carbons (Fsp3) is 0.519. The minimum Gasteiger partial charge on any atom is -0.350 e. The van der Waals surface area contributed by atoms with Crippen molar-refractivity contribution in [2.24, 2.45) is 5.73 Å². The molecule has 1 fully saturated rings. The summed E-state index contributed by atoms with van der Waals surface area (Å²) in [5.74, 6) is -0.272. The number of hydrogen-bond acceptors (Lipinski definition) is 4. The zero-order valence-corrected chi connectivity index (χ0v) is 20.8. The van der Waals surface area contributed by atoms with Gasteiger partial charge in [0, 0.05) is 31.1 Å². The highest BCUT2D eigenvalue weighted by atomic mass is 16.2. The zero-order valence-electron chi connectivity index (χ0n) is 20.8. The molecular weight excluding hydrogens is 426 g/mol. The summed E-state index contributed by atoms with van der Waals surface area (Å²) in [6, 6.07) is 5.79. The molecule has 7 heteroatoms. The van der Waals surface area contributed by atoms with Gasteiger partial charge < -0.3 is 20.5 Å². The van der Waals surface area contributed by atoms with Gasteiger partial charge in [-0.15, -0.1) is 0 Å². The first kappa shape index (κ1) is 24.2. The van der Waals surface area contributed by atoms with E-state index in [9.17, 15) is 9.59 Å². The number of hydrogen-bond donors (Lipinski definition) is 2. The number of nitrogens with one attached hydrogen (secondary N) is 1. The van der Waals surface area contributed by atoms with Gasteiger partial charge >= 0.3 is 0 Å². The minimum atomic E-state index is -0.589. The van der Waals surface area contributed by atoms with Crippen LogP contribution in [0.1, 0.15) is 67.6 Å². The highest BCUT2D eigenvalue weighted by Crippen LogP contribution is 2.26. The van der Waals surface area contributed by atoms with E-state index in [4.69, 9.17) is 5.73 Å². The topological polar surface area (TPSA) is 93.2 Å². The first-order chi connectivity index (χ1) is 16.2. The first-order valence-corrected chi connectivity index (χ1v) is 12.3. The normalized spacial score (nSPS) is 22.1. The van der Waals surface area contributed by atoms with Crippen molar-refractivity contribution in [3.63, 3.8) is 0 Å². The van der Waals surface area contributed by atoms with Crippen molar-refractivity contribution in [1.82, 2.24) is 19.8 Å². The van der Waals surface area contributed by atoms with Gasteiger partial charge in [0.25, 0.3) is 0 Å². The molecule has 4 rings (SSSR count). The third kappa shape index (κ3) is 5.25. The fourth-order valence-electron chi connectivity index (χ4n) is 5.07. The van der Waals surface area contributed by atoms with Crippen LogP contribution in [0.5, 0.6) is 0 Å². The maximum atomic E-state index is 13.4. The van der Waals surface area contributed by atoms with Gasteiger partial charge in [0.15, 0.2) is 0 Å². The summed E-state index contributed by atoms with van der Waals surface area (Å²) in [6.07, 6.45) is 7.84. The predicted molar refractivity (Wildman–Crippen MR) is 133 cm³/mol. The van der Waals surface area contributed by atoms with Gasteiger partial charge in [-0.05, 0) is 51.7 Å². The van der Waals surface area contributed by atoms with E-state index in [1.807, 2.05) is 20.2 Å². The van der Waals surface area contributed by atoms with E-state index in [0.29, 0.717) is 19.5 Å². The lowest BCUT2D eigenvalue weighted by Crippen LogP contribution is -2.57. The Labute approximate surface area is 202 Å². The van der Waals surface area contributed by atoms with Gasteiger partial charge in [0.05, 0.1) is 24.3 Å². The van der Waals surface area contributed by atoms with E-state index in [-0.39, 0.29) is 23.9 Å². The first-order valence-electron chi connectivity index (χ1n) is 12.3. The van der Waals surface area contributed by atoms with Crippen LogP contribution in [0.15, 0.2) is 36.2 Å². The number of benzene rings is 1. The molecule has 3 N–H and O–H groups in total. The average Bonchev–Trinajstić information content (AvgIpc) is 3.18. The Morgan fingerprint density at radius 1 is 1.21 bits per heavy atom. The number of carbonyl (C=O) groups excluding carboxylic acids is 2. The van der Waals surface area contributed by atoms with Crippen LogP contribution in [0.4, 0.5) is 0 Å². The number of allylic oxidation sites excluding steroid dienone is 1. The number of rotatable bonds is 5. The Balaban J connectivity index is 1.61. The molecule has 7 nitrogen and oxygen atoms in total. The van der Waals surface area contributed by atoms with Crippen molar-refractivity contribution in [3.05, 3.63) is 64.3 Å². The highest BCUT2D eigenvalue weighted by molar-refractivity contribution is 5.94. The summed E-state index contributed by atoms with van der Waals surface area (Å²) in [7, 11) is 0. The Bertz CT molecular complexity index is 1100. The molecule has 3 unspecified atom stereocenters. The van der Waals surface area contributed by atoms with Gasteiger partial charge in [-0.25, -0.2) is 4.98 Å². The third-order valence-electron chi connectivity index (χ3n) is 7.11. The Morgan fingerprint density at radius 3 is 2.71 bits per heavy atom. The summed E-state index contributed by atoms with van der Waals surface area (Å²) in [5, 5.41) is 3.15. The second kappa shape index (κ2) is 10.1. The van der Waals surface area contributed by atoms with E-state index < -0.39 is 6.04 Å². The number of aromatic nitrogens is 2. The summed E-state index contributed by atoms with van der Waals surface area (Å²) >= 11 is 0.